The number of thiazole rings is 1. The Hall–Kier alpha value is -0.940. The largest absolute Gasteiger partial charge is 0.338 e. The minimum Gasteiger partial charge on any atom is -0.338 e. The van der Waals surface area contributed by atoms with Crippen LogP contribution in [0.2, 0.25) is 0 Å². The molecule has 1 amide bonds. The molecule has 5 heteroatoms. The summed E-state index contributed by atoms with van der Waals surface area (Å²) in [6, 6.07) is 0. The molecule has 2 heterocycles. The van der Waals surface area contributed by atoms with Crippen LogP contribution < -0.4 is 5.73 Å². The summed E-state index contributed by atoms with van der Waals surface area (Å²) in [5, 5.41) is 0. The van der Waals surface area contributed by atoms with Crippen LogP contribution in [-0.4, -0.2) is 35.4 Å². The number of nitrogens with zero attached hydrogens (tertiary/aromatic N) is 2. The summed E-state index contributed by atoms with van der Waals surface area (Å²) in [7, 11) is 0. The molecule has 18 heavy (non-hydrogen) atoms. The van der Waals surface area contributed by atoms with Crippen molar-refractivity contribution in [3.8, 4) is 0 Å². The maximum absolute atomic E-state index is 12.5. The molecule has 1 aliphatic heterocycles. The van der Waals surface area contributed by atoms with Crippen LogP contribution in [0.4, 0.5) is 0 Å². The normalized spacial score (nSPS) is 20.4. The lowest BCUT2D eigenvalue weighted by molar-refractivity contribution is 0.0789. The Bertz CT molecular complexity index is 436. The molecule has 2 N–H and O–H groups in total. The van der Waals surface area contributed by atoms with Crippen molar-refractivity contribution >= 4 is 17.2 Å². The zero-order chi connectivity index (χ0) is 13.3. The molecule has 1 atom stereocenters. The smallest absolute Gasteiger partial charge is 0.265 e. The Balaban J connectivity index is 2.18. The molecule has 2 rings (SSSR count). The number of aromatic nitrogens is 1. The Kier molecular flexibility index (Phi) is 3.73. The van der Waals surface area contributed by atoms with E-state index in [0.29, 0.717) is 12.5 Å². The van der Waals surface area contributed by atoms with Crippen molar-refractivity contribution in [1.82, 2.24) is 9.88 Å². The summed E-state index contributed by atoms with van der Waals surface area (Å²) in [5.41, 5.74) is 8.26. The molecule has 0 radical (unpaired) electrons. The molecule has 1 saturated heterocycles. The summed E-state index contributed by atoms with van der Waals surface area (Å²) in [6.07, 6.45) is 1.02. The van der Waals surface area contributed by atoms with Crippen LogP contribution >= 0.6 is 11.3 Å². The van der Waals surface area contributed by atoms with E-state index in [0.717, 1.165) is 30.1 Å². The number of amides is 1. The predicted molar refractivity (Wildman–Crippen MR) is 73.9 cm³/mol. The van der Waals surface area contributed by atoms with Gasteiger partial charge in [-0.2, -0.15) is 0 Å². The number of hydrogen-bond donors (Lipinski definition) is 1. The monoisotopic (exact) mass is 267 g/mol. The van der Waals surface area contributed by atoms with Crippen LogP contribution in [0.5, 0.6) is 0 Å². The van der Waals surface area contributed by atoms with E-state index >= 15 is 0 Å². The topological polar surface area (TPSA) is 59.2 Å². The van der Waals surface area contributed by atoms with E-state index in [-0.39, 0.29) is 11.3 Å². The first-order chi connectivity index (χ1) is 8.43. The van der Waals surface area contributed by atoms with Crippen molar-refractivity contribution in [1.29, 1.82) is 0 Å². The second-order valence-electron chi connectivity index (χ2n) is 5.92. The van der Waals surface area contributed by atoms with E-state index in [1.807, 2.05) is 4.90 Å². The lowest BCUT2D eigenvalue weighted by atomic mass is 9.91. The molecule has 0 aliphatic carbocycles. The first kappa shape index (κ1) is 13.5. The molecule has 1 unspecified atom stereocenters. The molecule has 1 aliphatic rings. The highest BCUT2D eigenvalue weighted by molar-refractivity contribution is 7.11. The van der Waals surface area contributed by atoms with Crippen molar-refractivity contribution in [2.75, 3.05) is 19.6 Å². The van der Waals surface area contributed by atoms with Crippen molar-refractivity contribution in [3.05, 3.63) is 16.1 Å². The van der Waals surface area contributed by atoms with Crippen molar-refractivity contribution in [3.63, 3.8) is 0 Å². The van der Waals surface area contributed by atoms with E-state index in [1.165, 1.54) is 11.3 Å². The van der Waals surface area contributed by atoms with Gasteiger partial charge in [0, 0.05) is 18.5 Å². The second-order valence-corrected chi connectivity index (χ2v) is 6.78. The molecule has 1 aromatic rings. The lowest BCUT2D eigenvalue weighted by Gasteiger charge is -2.20. The van der Waals surface area contributed by atoms with E-state index < -0.39 is 0 Å². The minimum absolute atomic E-state index is 0.0853. The Morgan fingerprint density at radius 1 is 1.61 bits per heavy atom. The molecular weight excluding hydrogens is 246 g/mol. The summed E-state index contributed by atoms with van der Waals surface area (Å²) in [6.45, 7) is 8.54. The molecular formula is C13H21N3OS. The maximum atomic E-state index is 12.5. The van der Waals surface area contributed by atoms with Gasteiger partial charge in [-0.3, -0.25) is 4.79 Å². The van der Waals surface area contributed by atoms with Gasteiger partial charge >= 0.3 is 0 Å². The molecule has 100 valence electrons. The molecule has 0 spiro atoms. The van der Waals surface area contributed by atoms with Gasteiger partial charge < -0.3 is 10.6 Å². The number of carbonyl (C=O) groups excluding carboxylic acids is 1. The van der Waals surface area contributed by atoms with E-state index in [9.17, 15) is 4.79 Å². The van der Waals surface area contributed by atoms with Crippen LogP contribution in [-0.2, 0) is 5.41 Å². The highest BCUT2D eigenvalue weighted by Gasteiger charge is 2.31. The van der Waals surface area contributed by atoms with Crippen LogP contribution in [0.25, 0.3) is 0 Å². The van der Waals surface area contributed by atoms with Crippen LogP contribution in [0.1, 0.15) is 42.6 Å². The Morgan fingerprint density at radius 2 is 2.33 bits per heavy atom. The van der Waals surface area contributed by atoms with Gasteiger partial charge in [-0.1, -0.05) is 20.8 Å². The van der Waals surface area contributed by atoms with Crippen molar-refractivity contribution < 1.29 is 4.79 Å². The maximum Gasteiger partial charge on any atom is 0.265 e. The average Bonchev–Trinajstić information content (AvgIpc) is 2.96. The fraction of sp³-hybridized carbons (Fsp3) is 0.692. The summed E-state index contributed by atoms with van der Waals surface area (Å²) >= 11 is 1.45. The second kappa shape index (κ2) is 4.97. The van der Waals surface area contributed by atoms with Gasteiger partial charge in [-0.05, 0) is 18.9 Å². The van der Waals surface area contributed by atoms with Crippen LogP contribution in [0.15, 0.2) is 5.51 Å². The third-order valence-corrected chi connectivity index (χ3v) is 4.19. The zero-order valence-corrected chi connectivity index (χ0v) is 12.1. The number of hydrogen-bond acceptors (Lipinski definition) is 4. The van der Waals surface area contributed by atoms with Gasteiger partial charge in [0.15, 0.2) is 0 Å². The highest BCUT2D eigenvalue weighted by atomic mass is 32.1. The fourth-order valence-corrected chi connectivity index (χ4v) is 3.25. The highest BCUT2D eigenvalue weighted by Crippen LogP contribution is 2.29. The van der Waals surface area contributed by atoms with E-state index in [1.54, 1.807) is 5.51 Å². The third kappa shape index (κ3) is 2.57. The van der Waals surface area contributed by atoms with E-state index in [4.69, 9.17) is 5.73 Å². The predicted octanol–water partition coefficient (Wildman–Crippen LogP) is 1.86. The average molecular weight is 267 g/mol. The SMILES string of the molecule is CC(C)(C)c1ncsc1C(=O)N1CCC(CN)C1. The molecule has 0 aromatic carbocycles. The van der Waals surface area contributed by atoms with Crippen molar-refractivity contribution in [2.24, 2.45) is 11.7 Å². The molecule has 4 nitrogen and oxygen atoms in total. The van der Waals surface area contributed by atoms with Gasteiger partial charge in [0.05, 0.1) is 11.2 Å². The summed E-state index contributed by atoms with van der Waals surface area (Å²) in [5.74, 6) is 0.582. The van der Waals surface area contributed by atoms with Gasteiger partial charge in [0.2, 0.25) is 0 Å². The number of carbonyl (C=O) groups is 1. The first-order valence-corrected chi connectivity index (χ1v) is 7.24. The van der Waals surface area contributed by atoms with E-state index in [2.05, 4.69) is 25.8 Å². The minimum atomic E-state index is -0.0853. The van der Waals surface area contributed by atoms with Crippen LogP contribution in [0, 0.1) is 5.92 Å². The Morgan fingerprint density at radius 3 is 2.89 bits per heavy atom. The molecule has 0 bridgehead atoms. The standard InChI is InChI=1S/C13H21N3OS/c1-13(2,3)11-10(18-8-15-11)12(17)16-5-4-9(6-14)7-16/h8-9H,4-7,14H2,1-3H3. The Labute approximate surface area is 112 Å². The lowest BCUT2D eigenvalue weighted by Crippen LogP contribution is -2.31. The number of rotatable bonds is 2. The summed E-state index contributed by atoms with van der Waals surface area (Å²) < 4.78 is 0. The van der Waals surface area contributed by atoms with Gasteiger partial charge in [0.25, 0.3) is 5.91 Å². The quantitative estimate of drug-likeness (QED) is 0.889. The van der Waals surface area contributed by atoms with Crippen LogP contribution in [0.3, 0.4) is 0 Å². The number of likely N-dealkylation sites (tertiary alicyclic amines) is 1. The van der Waals surface area contributed by atoms with Crippen molar-refractivity contribution in [2.45, 2.75) is 32.6 Å². The van der Waals surface area contributed by atoms with Gasteiger partial charge in [-0.15, -0.1) is 11.3 Å². The van der Waals surface area contributed by atoms with Gasteiger partial charge in [0.1, 0.15) is 4.88 Å². The fourth-order valence-electron chi connectivity index (χ4n) is 2.29. The first-order valence-electron chi connectivity index (χ1n) is 6.36. The molecule has 0 saturated carbocycles. The molecule has 1 aromatic heterocycles. The number of nitrogens with two attached hydrogens (primary N) is 1. The van der Waals surface area contributed by atoms with Gasteiger partial charge in [-0.25, -0.2) is 4.98 Å². The third-order valence-electron chi connectivity index (χ3n) is 3.38. The molecule has 1 fully saturated rings. The summed E-state index contributed by atoms with van der Waals surface area (Å²) in [4.78, 5) is 19.6. The zero-order valence-electron chi connectivity index (χ0n) is 11.3.